The van der Waals surface area contributed by atoms with Crippen molar-refractivity contribution in [1.82, 2.24) is 9.88 Å². The Hall–Kier alpha value is -3.90. The highest BCUT2D eigenvalue weighted by atomic mass is 16.5. The minimum absolute atomic E-state index is 0.00899. The van der Waals surface area contributed by atoms with E-state index in [2.05, 4.69) is 17.1 Å². The van der Waals surface area contributed by atoms with Gasteiger partial charge in [-0.05, 0) is 61.7 Å². The SMILES string of the molecule is Cc1oc(-c2ccccc2)nc1CCOc1cccc(CN(CCCc2ccccc2)CC(=O)O)c1. The molecule has 0 aliphatic rings. The van der Waals surface area contributed by atoms with Crippen LogP contribution in [0.25, 0.3) is 11.5 Å². The highest BCUT2D eigenvalue weighted by Crippen LogP contribution is 2.22. The van der Waals surface area contributed by atoms with E-state index in [1.54, 1.807) is 0 Å². The van der Waals surface area contributed by atoms with Crippen molar-refractivity contribution in [3.63, 3.8) is 0 Å². The number of carboxylic acids is 1. The van der Waals surface area contributed by atoms with Crippen molar-refractivity contribution in [1.29, 1.82) is 0 Å². The van der Waals surface area contributed by atoms with Crippen LogP contribution >= 0.6 is 0 Å². The monoisotopic (exact) mass is 484 g/mol. The van der Waals surface area contributed by atoms with Gasteiger partial charge in [0.05, 0.1) is 18.8 Å². The van der Waals surface area contributed by atoms with Crippen molar-refractivity contribution >= 4 is 5.97 Å². The molecule has 1 N–H and O–H groups in total. The van der Waals surface area contributed by atoms with Crippen LogP contribution in [0.3, 0.4) is 0 Å². The van der Waals surface area contributed by atoms with Crippen molar-refractivity contribution in [2.75, 3.05) is 19.7 Å². The normalized spacial score (nSPS) is 11.1. The maximum absolute atomic E-state index is 11.4. The molecule has 0 unspecified atom stereocenters. The fourth-order valence-electron chi connectivity index (χ4n) is 4.18. The first-order chi connectivity index (χ1) is 17.6. The van der Waals surface area contributed by atoms with Crippen LogP contribution in [0.5, 0.6) is 5.75 Å². The second kappa shape index (κ2) is 12.7. The van der Waals surface area contributed by atoms with Crippen LogP contribution in [-0.4, -0.2) is 40.7 Å². The summed E-state index contributed by atoms with van der Waals surface area (Å²) in [4.78, 5) is 18.0. The average Bonchev–Trinajstić information content (AvgIpc) is 3.25. The highest BCUT2D eigenvalue weighted by Gasteiger charge is 2.13. The molecule has 36 heavy (non-hydrogen) atoms. The molecule has 0 amide bonds. The minimum Gasteiger partial charge on any atom is -0.493 e. The summed E-state index contributed by atoms with van der Waals surface area (Å²) < 4.78 is 11.8. The molecule has 0 atom stereocenters. The Morgan fingerprint density at radius 1 is 0.944 bits per heavy atom. The maximum Gasteiger partial charge on any atom is 0.317 e. The van der Waals surface area contributed by atoms with Crippen LogP contribution in [-0.2, 0) is 24.2 Å². The molecule has 1 heterocycles. The van der Waals surface area contributed by atoms with Gasteiger partial charge >= 0.3 is 5.97 Å². The summed E-state index contributed by atoms with van der Waals surface area (Å²) >= 11 is 0. The lowest BCUT2D eigenvalue weighted by Gasteiger charge is -2.20. The molecule has 0 fully saturated rings. The molecule has 3 aromatic carbocycles. The number of aliphatic carboxylic acids is 1. The van der Waals surface area contributed by atoms with Crippen molar-refractivity contribution in [2.45, 2.75) is 32.7 Å². The van der Waals surface area contributed by atoms with Crippen LogP contribution < -0.4 is 4.74 Å². The van der Waals surface area contributed by atoms with Crippen molar-refractivity contribution in [3.05, 3.63) is 108 Å². The third-order valence-electron chi connectivity index (χ3n) is 5.97. The predicted octanol–water partition coefficient (Wildman–Crippen LogP) is 5.79. The smallest absolute Gasteiger partial charge is 0.317 e. The van der Waals surface area contributed by atoms with Crippen LogP contribution in [0.1, 0.15) is 29.0 Å². The summed E-state index contributed by atoms with van der Waals surface area (Å²) in [5.41, 5.74) is 4.13. The summed E-state index contributed by atoms with van der Waals surface area (Å²) in [5.74, 6) is 1.36. The summed E-state index contributed by atoms with van der Waals surface area (Å²) in [6, 6.07) is 28.0. The molecule has 0 saturated carbocycles. The second-order valence-electron chi connectivity index (χ2n) is 8.83. The molecule has 0 radical (unpaired) electrons. The molecule has 4 rings (SSSR count). The van der Waals surface area contributed by atoms with Gasteiger partial charge in [-0.15, -0.1) is 0 Å². The van der Waals surface area contributed by atoms with Gasteiger partial charge in [0.15, 0.2) is 0 Å². The molecule has 0 aliphatic carbocycles. The number of hydrogen-bond donors (Lipinski definition) is 1. The van der Waals surface area contributed by atoms with Gasteiger partial charge in [0, 0.05) is 18.5 Å². The van der Waals surface area contributed by atoms with E-state index in [-0.39, 0.29) is 6.54 Å². The van der Waals surface area contributed by atoms with E-state index in [0.717, 1.165) is 41.2 Å². The van der Waals surface area contributed by atoms with Crippen LogP contribution in [0.4, 0.5) is 0 Å². The summed E-state index contributed by atoms with van der Waals surface area (Å²) in [7, 11) is 0. The number of hydrogen-bond acceptors (Lipinski definition) is 5. The lowest BCUT2D eigenvalue weighted by Crippen LogP contribution is -2.30. The molecule has 0 saturated heterocycles. The number of nitrogens with zero attached hydrogens (tertiary/aromatic N) is 2. The predicted molar refractivity (Wildman–Crippen MR) is 140 cm³/mol. The lowest BCUT2D eigenvalue weighted by molar-refractivity contribution is -0.138. The molecule has 6 nitrogen and oxygen atoms in total. The Bertz CT molecular complexity index is 1240. The van der Waals surface area contributed by atoms with Gasteiger partial charge in [-0.2, -0.15) is 0 Å². The fraction of sp³-hybridized carbons (Fsp3) is 0.267. The molecular formula is C30H32N2O4. The standard InChI is InChI=1S/C30H32N2O4/c1-23-28(31-30(36-23)26-14-6-3-7-15-26)17-19-35-27-16-8-12-25(20-27)21-32(22-29(33)34)18-9-13-24-10-4-2-5-11-24/h2-8,10-12,14-16,20H,9,13,17-19,21-22H2,1H3,(H,33,34). The van der Waals surface area contributed by atoms with E-state index in [0.29, 0.717) is 32.0 Å². The zero-order chi connectivity index (χ0) is 25.2. The largest absolute Gasteiger partial charge is 0.493 e. The molecule has 0 bridgehead atoms. The van der Waals surface area contributed by atoms with Gasteiger partial charge in [0.1, 0.15) is 11.5 Å². The Labute approximate surface area is 212 Å². The number of carboxylic acid groups (broad SMARTS) is 1. The Balaban J connectivity index is 1.30. The van der Waals surface area contributed by atoms with E-state index in [4.69, 9.17) is 9.15 Å². The number of aryl methyl sites for hydroxylation is 2. The third kappa shape index (κ3) is 7.55. The van der Waals surface area contributed by atoms with Crippen molar-refractivity contribution in [3.8, 4) is 17.2 Å². The van der Waals surface area contributed by atoms with Gasteiger partial charge in [0.25, 0.3) is 0 Å². The molecular weight excluding hydrogens is 452 g/mol. The van der Waals surface area contributed by atoms with Gasteiger partial charge in [-0.25, -0.2) is 4.98 Å². The summed E-state index contributed by atoms with van der Waals surface area (Å²) in [6.07, 6.45) is 2.46. The zero-order valence-electron chi connectivity index (χ0n) is 20.6. The van der Waals surface area contributed by atoms with Gasteiger partial charge in [0.2, 0.25) is 5.89 Å². The number of aromatic nitrogens is 1. The van der Waals surface area contributed by atoms with Gasteiger partial charge < -0.3 is 14.3 Å². The maximum atomic E-state index is 11.4. The Kier molecular flexibility index (Phi) is 8.89. The van der Waals surface area contributed by atoms with Gasteiger partial charge in [-0.1, -0.05) is 60.7 Å². The molecule has 0 spiro atoms. The number of benzene rings is 3. The lowest BCUT2D eigenvalue weighted by atomic mass is 10.1. The quantitative estimate of drug-likeness (QED) is 0.259. The van der Waals surface area contributed by atoms with Crippen molar-refractivity contribution < 1.29 is 19.1 Å². The number of carbonyl (C=O) groups is 1. The van der Waals surface area contributed by atoms with Crippen LogP contribution in [0, 0.1) is 6.92 Å². The number of oxazole rings is 1. The van der Waals surface area contributed by atoms with E-state index >= 15 is 0 Å². The Morgan fingerprint density at radius 2 is 1.67 bits per heavy atom. The van der Waals surface area contributed by atoms with Crippen LogP contribution in [0.2, 0.25) is 0 Å². The van der Waals surface area contributed by atoms with E-state index in [1.807, 2.05) is 84.6 Å². The van der Waals surface area contributed by atoms with Crippen molar-refractivity contribution in [2.24, 2.45) is 0 Å². The second-order valence-corrected chi connectivity index (χ2v) is 8.83. The zero-order valence-corrected chi connectivity index (χ0v) is 20.6. The first-order valence-electron chi connectivity index (χ1n) is 12.3. The fourth-order valence-corrected chi connectivity index (χ4v) is 4.18. The highest BCUT2D eigenvalue weighted by molar-refractivity contribution is 5.69. The number of ether oxygens (including phenoxy) is 1. The summed E-state index contributed by atoms with van der Waals surface area (Å²) in [6.45, 7) is 3.67. The molecule has 1 aromatic heterocycles. The first kappa shape index (κ1) is 25.2. The minimum atomic E-state index is -0.819. The van der Waals surface area contributed by atoms with Crippen LogP contribution in [0.15, 0.2) is 89.3 Å². The van der Waals surface area contributed by atoms with E-state index < -0.39 is 5.97 Å². The Morgan fingerprint density at radius 3 is 2.42 bits per heavy atom. The molecule has 0 aliphatic heterocycles. The molecule has 186 valence electrons. The topological polar surface area (TPSA) is 75.8 Å². The summed E-state index contributed by atoms with van der Waals surface area (Å²) in [5, 5.41) is 9.37. The van der Waals surface area contributed by atoms with E-state index in [1.165, 1.54) is 5.56 Å². The average molecular weight is 485 g/mol. The third-order valence-corrected chi connectivity index (χ3v) is 5.97. The first-order valence-corrected chi connectivity index (χ1v) is 12.3. The van der Waals surface area contributed by atoms with Gasteiger partial charge in [-0.3, -0.25) is 9.69 Å². The molecule has 4 aromatic rings. The number of rotatable bonds is 13. The van der Waals surface area contributed by atoms with E-state index in [9.17, 15) is 9.90 Å². The molecule has 6 heteroatoms.